The molecule has 0 bridgehead atoms. The van der Waals surface area contributed by atoms with Crippen LogP contribution < -0.4 is 0 Å². The fourth-order valence-electron chi connectivity index (χ4n) is 2.64. The molecule has 1 heterocycles. The first kappa shape index (κ1) is 23.4. The van der Waals surface area contributed by atoms with E-state index < -0.39 is 57.9 Å². The zero-order valence-corrected chi connectivity index (χ0v) is 15.8. The molecule has 0 aliphatic rings. The number of ketones is 1. The molecule has 159 valence electrons. The van der Waals surface area contributed by atoms with Gasteiger partial charge in [0.15, 0.2) is 29.1 Å². The third-order valence-electron chi connectivity index (χ3n) is 4.04. The normalized spacial score (nSPS) is 11.3. The molecule has 1 N–H and O–H groups in total. The fraction of sp³-hybridized carbons (Fsp3) is 0.111. The first-order valence-corrected chi connectivity index (χ1v) is 7.77. The molecule has 0 aliphatic carbocycles. The number of rotatable bonds is 3. The van der Waals surface area contributed by atoms with Gasteiger partial charge in [-0.3, -0.25) is 4.79 Å². The van der Waals surface area contributed by atoms with Crippen LogP contribution in [0.1, 0.15) is 27.2 Å². The van der Waals surface area contributed by atoms with Crippen LogP contribution >= 0.6 is 0 Å². The number of nitrogens with zero attached hydrogens (tertiary/aromatic N) is 2. The molecule has 3 rings (SSSR count). The van der Waals surface area contributed by atoms with Crippen LogP contribution in [0.15, 0.2) is 30.3 Å². The summed E-state index contributed by atoms with van der Waals surface area (Å²) >= 11 is 0. The van der Waals surface area contributed by atoms with E-state index in [1.807, 2.05) is 0 Å². The van der Waals surface area contributed by atoms with Crippen LogP contribution in [0.5, 0.6) is 5.88 Å². The van der Waals surface area contributed by atoms with Crippen molar-refractivity contribution < 1.29 is 57.7 Å². The number of carbonyl (C=O) groups is 1. The molecule has 0 spiro atoms. The Balaban J connectivity index is 0.00000320. The number of aromatic hydroxyl groups is 1. The van der Waals surface area contributed by atoms with Gasteiger partial charge in [0.2, 0.25) is 5.88 Å². The Bertz CT molecular complexity index is 1100. The third-order valence-corrected chi connectivity index (χ3v) is 4.04. The molecule has 4 nitrogen and oxygen atoms in total. The van der Waals surface area contributed by atoms with E-state index >= 15 is 0 Å². The van der Waals surface area contributed by atoms with E-state index in [0.717, 1.165) is 19.1 Å². The second-order valence-corrected chi connectivity index (χ2v) is 5.92. The van der Waals surface area contributed by atoms with Crippen molar-refractivity contribution in [2.24, 2.45) is 0 Å². The number of aryl methyl sites for hydroxylation is 1. The summed E-state index contributed by atoms with van der Waals surface area (Å²) < 4.78 is 92.8. The maximum atomic E-state index is 14.0. The molecule has 0 unspecified atom stereocenters. The number of aromatic nitrogens is 2. The SMILES string of the molecule is Cc1nn(-c2c(F)c(F)cc(F)c2F)c(O)c1C(=O)c1ccc(C(F)(F)F)cc1.[Mn]. The topological polar surface area (TPSA) is 55.1 Å². The molecule has 0 saturated heterocycles. The molecule has 12 heteroatoms. The van der Waals surface area contributed by atoms with E-state index in [1.165, 1.54) is 0 Å². The monoisotopic (exact) mass is 473 g/mol. The molecular formula is C18H9F7MnN2O2. The summed E-state index contributed by atoms with van der Waals surface area (Å²) in [5.74, 6) is -9.41. The first-order valence-electron chi connectivity index (χ1n) is 7.77. The van der Waals surface area contributed by atoms with Crippen LogP contribution in [0.2, 0.25) is 0 Å². The van der Waals surface area contributed by atoms with Crippen molar-refractivity contribution in [1.82, 2.24) is 9.78 Å². The summed E-state index contributed by atoms with van der Waals surface area (Å²) in [6.07, 6.45) is -4.64. The number of carbonyl (C=O) groups excluding carboxylic acids is 1. The van der Waals surface area contributed by atoms with E-state index in [-0.39, 0.29) is 39.1 Å². The zero-order valence-electron chi connectivity index (χ0n) is 14.7. The maximum Gasteiger partial charge on any atom is 0.416 e. The average Bonchev–Trinajstić information content (AvgIpc) is 2.93. The number of halogens is 7. The van der Waals surface area contributed by atoms with Gasteiger partial charge < -0.3 is 5.11 Å². The van der Waals surface area contributed by atoms with Gasteiger partial charge in [-0.25, -0.2) is 17.6 Å². The van der Waals surface area contributed by atoms with Gasteiger partial charge in [0.25, 0.3) is 0 Å². The van der Waals surface area contributed by atoms with Crippen molar-refractivity contribution in [1.29, 1.82) is 0 Å². The second-order valence-electron chi connectivity index (χ2n) is 5.92. The Morgan fingerprint density at radius 3 is 1.97 bits per heavy atom. The molecule has 1 aromatic heterocycles. The second kappa shape index (κ2) is 8.11. The first-order chi connectivity index (χ1) is 13.4. The van der Waals surface area contributed by atoms with Gasteiger partial charge in [-0.15, -0.1) is 0 Å². The predicted octanol–water partition coefficient (Wildman–Crippen LogP) is 4.69. The average molecular weight is 473 g/mol. The minimum Gasteiger partial charge on any atom is -0.493 e. The van der Waals surface area contributed by atoms with Gasteiger partial charge in [-0.2, -0.15) is 23.0 Å². The Morgan fingerprint density at radius 1 is 1.00 bits per heavy atom. The molecule has 1 radical (unpaired) electrons. The molecule has 0 fully saturated rings. The van der Waals surface area contributed by atoms with Crippen LogP contribution in [0.4, 0.5) is 30.7 Å². The summed E-state index contributed by atoms with van der Waals surface area (Å²) in [5, 5.41) is 13.8. The van der Waals surface area contributed by atoms with E-state index in [9.17, 15) is 40.6 Å². The summed E-state index contributed by atoms with van der Waals surface area (Å²) in [4.78, 5) is 12.6. The number of hydrogen-bond acceptors (Lipinski definition) is 3. The molecular weight excluding hydrogens is 464 g/mol. The molecule has 30 heavy (non-hydrogen) atoms. The summed E-state index contributed by atoms with van der Waals surface area (Å²) in [6, 6.07) is 2.89. The number of benzene rings is 2. The van der Waals surface area contributed by atoms with Crippen LogP contribution in [-0.2, 0) is 23.2 Å². The molecule has 3 aromatic rings. The number of hydrogen-bond donors (Lipinski definition) is 1. The van der Waals surface area contributed by atoms with Crippen LogP contribution in [0.3, 0.4) is 0 Å². The minimum atomic E-state index is -4.64. The van der Waals surface area contributed by atoms with Crippen LogP contribution in [0, 0.1) is 30.2 Å². The maximum absolute atomic E-state index is 14.0. The smallest absolute Gasteiger partial charge is 0.416 e. The van der Waals surface area contributed by atoms with E-state index in [0.29, 0.717) is 12.1 Å². The van der Waals surface area contributed by atoms with Crippen LogP contribution in [-0.4, -0.2) is 20.7 Å². The standard InChI is InChI=1S/C18H9F7N2O2.Mn/c1-7-12(16(28)8-2-4-9(5-3-8)18(23,24)25)17(29)27(26-7)15-13(21)10(19)6-11(20)14(15)22;/h2-6,29H,1H3;. The predicted molar refractivity (Wildman–Crippen MR) is 84.7 cm³/mol. The molecule has 0 atom stereocenters. The Labute approximate surface area is 174 Å². The summed E-state index contributed by atoms with van der Waals surface area (Å²) in [7, 11) is 0. The van der Waals surface area contributed by atoms with Gasteiger partial charge in [-0.05, 0) is 19.1 Å². The third kappa shape index (κ3) is 3.92. The van der Waals surface area contributed by atoms with Gasteiger partial charge in [0.1, 0.15) is 11.3 Å². The van der Waals surface area contributed by atoms with Crippen molar-refractivity contribution in [3.05, 3.63) is 76.0 Å². The van der Waals surface area contributed by atoms with Crippen molar-refractivity contribution in [2.75, 3.05) is 0 Å². The fourth-order valence-corrected chi connectivity index (χ4v) is 2.64. The van der Waals surface area contributed by atoms with E-state index in [4.69, 9.17) is 0 Å². The Kier molecular flexibility index (Phi) is 6.34. The van der Waals surface area contributed by atoms with Crippen molar-refractivity contribution in [3.8, 4) is 11.6 Å². The molecule has 0 saturated carbocycles. The summed E-state index contributed by atoms with van der Waals surface area (Å²) in [6.45, 7) is 1.15. The summed E-state index contributed by atoms with van der Waals surface area (Å²) in [5.41, 5.74) is -3.59. The molecule has 0 amide bonds. The van der Waals surface area contributed by atoms with Gasteiger partial charge in [0, 0.05) is 28.7 Å². The molecule has 2 aromatic carbocycles. The zero-order chi connectivity index (χ0) is 21.7. The number of alkyl halides is 3. The van der Waals surface area contributed by atoms with Gasteiger partial charge in [0.05, 0.1) is 11.3 Å². The van der Waals surface area contributed by atoms with Crippen LogP contribution in [0.25, 0.3) is 5.69 Å². The van der Waals surface area contributed by atoms with E-state index in [2.05, 4.69) is 5.10 Å². The van der Waals surface area contributed by atoms with Crippen molar-refractivity contribution in [3.63, 3.8) is 0 Å². The Morgan fingerprint density at radius 2 is 1.50 bits per heavy atom. The van der Waals surface area contributed by atoms with E-state index in [1.54, 1.807) is 0 Å². The molecule has 0 aliphatic heterocycles. The van der Waals surface area contributed by atoms with Crippen molar-refractivity contribution >= 4 is 5.78 Å². The quantitative estimate of drug-likeness (QED) is 0.260. The van der Waals surface area contributed by atoms with Gasteiger partial charge >= 0.3 is 6.18 Å². The Hall–Kier alpha value is -2.85. The van der Waals surface area contributed by atoms with Crippen molar-refractivity contribution in [2.45, 2.75) is 13.1 Å². The van der Waals surface area contributed by atoms with Gasteiger partial charge in [-0.1, -0.05) is 12.1 Å². The minimum absolute atomic E-state index is 0. The largest absolute Gasteiger partial charge is 0.493 e.